The van der Waals surface area contributed by atoms with Gasteiger partial charge in [-0.1, -0.05) is 12.1 Å². The molecule has 134 valence electrons. The smallest absolute Gasteiger partial charge is 0.416 e. The van der Waals surface area contributed by atoms with Crippen molar-refractivity contribution in [2.75, 3.05) is 6.61 Å². The number of aromatic nitrogens is 2. The number of alkyl halides is 3. The summed E-state index contributed by atoms with van der Waals surface area (Å²) in [7, 11) is 0. The molecule has 1 N–H and O–H groups in total. The number of aromatic hydroxyl groups is 1. The first-order valence-electron chi connectivity index (χ1n) is 8.10. The standard InChI is InChI=1S/C19H15F3N2O2/c20-19(21,22)12-2-4-15(17(10-12)24-8-1-7-23-24)14-6-9-26-18-11-13(25)3-5-16(14)18/h1-5,7-8,10-11,14,25H,6,9H2. The van der Waals surface area contributed by atoms with Crippen LogP contribution >= 0.6 is 0 Å². The van der Waals surface area contributed by atoms with E-state index in [4.69, 9.17) is 4.74 Å². The molecular formula is C19H15F3N2O2. The van der Waals surface area contributed by atoms with E-state index in [1.165, 1.54) is 23.0 Å². The Morgan fingerprint density at radius 3 is 2.65 bits per heavy atom. The van der Waals surface area contributed by atoms with Crippen molar-refractivity contribution < 1.29 is 23.0 Å². The van der Waals surface area contributed by atoms with Crippen LogP contribution in [-0.4, -0.2) is 21.5 Å². The van der Waals surface area contributed by atoms with E-state index in [9.17, 15) is 18.3 Å². The lowest BCUT2D eigenvalue weighted by atomic mass is 9.85. The maximum absolute atomic E-state index is 13.2. The summed E-state index contributed by atoms with van der Waals surface area (Å²) >= 11 is 0. The van der Waals surface area contributed by atoms with Gasteiger partial charge in [0.15, 0.2) is 0 Å². The van der Waals surface area contributed by atoms with E-state index in [0.717, 1.165) is 23.3 Å². The van der Waals surface area contributed by atoms with Gasteiger partial charge in [-0.25, -0.2) is 4.68 Å². The SMILES string of the molecule is Oc1ccc2c(c1)OCCC2c1ccc(C(F)(F)F)cc1-n1cccn1. The van der Waals surface area contributed by atoms with Gasteiger partial charge in [-0.3, -0.25) is 0 Å². The fourth-order valence-electron chi connectivity index (χ4n) is 3.33. The third-order valence-corrected chi connectivity index (χ3v) is 4.52. The van der Waals surface area contributed by atoms with Crippen molar-refractivity contribution in [1.29, 1.82) is 0 Å². The minimum Gasteiger partial charge on any atom is -0.508 e. The second-order valence-corrected chi connectivity index (χ2v) is 6.13. The van der Waals surface area contributed by atoms with E-state index in [1.54, 1.807) is 24.4 Å². The molecule has 26 heavy (non-hydrogen) atoms. The molecule has 3 aromatic rings. The maximum atomic E-state index is 13.2. The van der Waals surface area contributed by atoms with Crippen molar-refractivity contribution in [3.05, 3.63) is 71.5 Å². The molecule has 0 aliphatic carbocycles. The predicted octanol–water partition coefficient (Wildman–Crippen LogP) is 4.51. The zero-order valence-electron chi connectivity index (χ0n) is 13.6. The van der Waals surface area contributed by atoms with Crippen LogP contribution in [0.3, 0.4) is 0 Å². The fraction of sp³-hybridized carbons (Fsp3) is 0.211. The molecule has 2 aromatic carbocycles. The molecule has 4 rings (SSSR count). The first-order valence-corrected chi connectivity index (χ1v) is 8.10. The van der Waals surface area contributed by atoms with E-state index in [0.29, 0.717) is 24.5 Å². The van der Waals surface area contributed by atoms with E-state index >= 15 is 0 Å². The molecule has 0 saturated heterocycles. The van der Waals surface area contributed by atoms with Crippen LogP contribution in [0.2, 0.25) is 0 Å². The quantitative estimate of drug-likeness (QED) is 0.731. The Kier molecular flexibility index (Phi) is 3.86. The molecule has 2 heterocycles. The van der Waals surface area contributed by atoms with Crippen molar-refractivity contribution in [1.82, 2.24) is 9.78 Å². The minimum absolute atomic E-state index is 0.0871. The molecule has 0 radical (unpaired) electrons. The lowest BCUT2D eigenvalue weighted by molar-refractivity contribution is -0.137. The molecule has 4 nitrogen and oxygen atoms in total. The summed E-state index contributed by atoms with van der Waals surface area (Å²) < 4.78 is 46.6. The predicted molar refractivity (Wildman–Crippen MR) is 88.6 cm³/mol. The van der Waals surface area contributed by atoms with Crippen LogP contribution in [0.25, 0.3) is 5.69 Å². The molecule has 1 aliphatic rings. The summed E-state index contributed by atoms with van der Waals surface area (Å²) in [5.41, 5.74) is 1.24. The number of hydrogen-bond acceptors (Lipinski definition) is 3. The fourth-order valence-corrected chi connectivity index (χ4v) is 3.33. The highest BCUT2D eigenvalue weighted by molar-refractivity contribution is 5.54. The van der Waals surface area contributed by atoms with Crippen LogP contribution in [0.4, 0.5) is 13.2 Å². The molecule has 0 bridgehead atoms. The Morgan fingerprint density at radius 1 is 1.12 bits per heavy atom. The van der Waals surface area contributed by atoms with E-state index in [-0.39, 0.29) is 11.7 Å². The summed E-state index contributed by atoms with van der Waals surface area (Å²) in [5, 5.41) is 13.8. The number of phenolic OH excluding ortho intramolecular Hbond substituents is 1. The van der Waals surface area contributed by atoms with Gasteiger partial charge in [0.05, 0.1) is 17.9 Å². The highest BCUT2D eigenvalue weighted by Crippen LogP contribution is 2.42. The third kappa shape index (κ3) is 2.89. The highest BCUT2D eigenvalue weighted by Gasteiger charge is 2.33. The van der Waals surface area contributed by atoms with Crippen molar-refractivity contribution in [2.45, 2.75) is 18.5 Å². The summed E-state index contributed by atoms with van der Waals surface area (Å²) in [6, 6.07) is 10.2. The number of ether oxygens (including phenoxy) is 1. The van der Waals surface area contributed by atoms with Crippen molar-refractivity contribution in [3.63, 3.8) is 0 Å². The normalized spacial score (nSPS) is 16.8. The van der Waals surface area contributed by atoms with Gasteiger partial charge in [-0.15, -0.1) is 0 Å². The zero-order chi connectivity index (χ0) is 18.3. The van der Waals surface area contributed by atoms with E-state index < -0.39 is 11.7 Å². The van der Waals surface area contributed by atoms with Crippen molar-refractivity contribution in [3.8, 4) is 17.2 Å². The van der Waals surface area contributed by atoms with Crippen molar-refractivity contribution in [2.24, 2.45) is 0 Å². The third-order valence-electron chi connectivity index (χ3n) is 4.52. The Bertz CT molecular complexity index is 936. The van der Waals surface area contributed by atoms with Gasteiger partial charge in [0.1, 0.15) is 11.5 Å². The monoisotopic (exact) mass is 360 g/mol. The Morgan fingerprint density at radius 2 is 1.92 bits per heavy atom. The van der Waals surface area contributed by atoms with E-state index in [2.05, 4.69) is 5.10 Å². The maximum Gasteiger partial charge on any atom is 0.416 e. The number of fused-ring (bicyclic) bond motifs is 1. The molecule has 1 aliphatic heterocycles. The molecule has 0 spiro atoms. The molecular weight excluding hydrogens is 345 g/mol. The molecule has 1 aromatic heterocycles. The van der Waals surface area contributed by atoms with Crippen LogP contribution in [-0.2, 0) is 6.18 Å². The average molecular weight is 360 g/mol. The van der Waals surface area contributed by atoms with Gasteiger partial charge in [0.2, 0.25) is 0 Å². The average Bonchev–Trinajstić information content (AvgIpc) is 3.14. The number of benzene rings is 2. The number of rotatable bonds is 2. The number of halogens is 3. The largest absolute Gasteiger partial charge is 0.508 e. The van der Waals surface area contributed by atoms with E-state index in [1.807, 2.05) is 0 Å². The lowest BCUT2D eigenvalue weighted by Gasteiger charge is -2.28. The van der Waals surface area contributed by atoms with Crippen LogP contribution in [0.5, 0.6) is 11.5 Å². The second-order valence-electron chi connectivity index (χ2n) is 6.13. The molecule has 1 atom stereocenters. The molecule has 0 saturated carbocycles. The van der Waals surface area contributed by atoms with Crippen LogP contribution in [0.1, 0.15) is 29.0 Å². The number of phenols is 1. The van der Waals surface area contributed by atoms with Crippen LogP contribution < -0.4 is 4.74 Å². The zero-order valence-corrected chi connectivity index (χ0v) is 13.6. The molecule has 0 amide bonds. The second kappa shape index (κ2) is 6.09. The number of hydrogen-bond donors (Lipinski definition) is 1. The summed E-state index contributed by atoms with van der Waals surface area (Å²) in [6.07, 6.45) is -0.659. The van der Waals surface area contributed by atoms with Crippen LogP contribution in [0.15, 0.2) is 54.9 Å². The summed E-state index contributed by atoms with van der Waals surface area (Å²) in [6.45, 7) is 0.417. The Labute approximate surface area is 147 Å². The van der Waals surface area contributed by atoms with Gasteiger partial charge in [-0.05, 0) is 36.2 Å². The Hall–Kier alpha value is -2.96. The lowest BCUT2D eigenvalue weighted by Crippen LogP contribution is -2.18. The molecule has 7 heteroatoms. The van der Waals surface area contributed by atoms with Gasteiger partial charge < -0.3 is 9.84 Å². The molecule has 1 unspecified atom stereocenters. The van der Waals surface area contributed by atoms with Crippen LogP contribution in [0, 0.1) is 0 Å². The molecule has 0 fully saturated rings. The minimum atomic E-state index is -4.43. The highest BCUT2D eigenvalue weighted by atomic mass is 19.4. The number of nitrogens with zero attached hydrogens (tertiary/aromatic N) is 2. The first-order chi connectivity index (χ1) is 12.4. The Balaban J connectivity index is 1.88. The summed E-state index contributed by atoms with van der Waals surface area (Å²) in [5.74, 6) is 0.484. The topological polar surface area (TPSA) is 47.3 Å². The van der Waals surface area contributed by atoms with Gasteiger partial charge >= 0.3 is 6.18 Å². The van der Waals surface area contributed by atoms with Gasteiger partial charge in [-0.2, -0.15) is 18.3 Å². The van der Waals surface area contributed by atoms with Gasteiger partial charge in [0, 0.05) is 29.9 Å². The first kappa shape index (κ1) is 16.5. The van der Waals surface area contributed by atoms with Gasteiger partial charge in [0.25, 0.3) is 0 Å². The summed E-state index contributed by atoms with van der Waals surface area (Å²) in [4.78, 5) is 0. The van der Waals surface area contributed by atoms with Crippen molar-refractivity contribution >= 4 is 0 Å².